The lowest BCUT2D eigenvalue weighted by molar-refractivity contribution is 0.485. The van der Waals surface area contributed by atoms with Gasteiger partial charge in [-0.05, 0) is 44.2 Å². The summed E-state index contributed by atoms with van der Waals surface area (Å²) < 4.78 is 19.2. The number of hydrogen-bond donors (Lipinski definition) is 1. The van der Waals surface area contributed by atoms with E-state index in [-0.39, 0.29) is 11.1 Å². The molecule has 2 aromatic carbocycles. The highest BCUT2D eigenvalue weighted by Crippen LogP contribution is 2.25. The van der Waals surface area contributed by atoms with Crippen molar-refractivity contribution in [2.45, 2.75) is 19.9 Å². The Kier molecular flexibility index (Phi) is 4.30. The summed E-state index contributed by atoms with van der Waals surface area (Å²) in [5, 5.41) is 11.3. The number of anilines is 1. The summed E-state index contributed by atoms with van der Waals surface area (Å²) >= 11 is 5.67. The van der Waals surface area contributed by atoms with Crippen molar-refractivity contribution in [2.24, 2.45) is 0 Å². The second kappa shape index (κ2) is 6.38. The fraction of sp³-hybridized carbons (Fsp3) is 0.176. The average Bonchev–Trinajstić information content (AvgIpc) is 3.02. The molecule has 0 aliphatic rings. The van der Waals surface area contributed by atoms with Gasteiger partial charge in [0.25, 0.3) is 0 Å². The first kappa shape index (κ1) is 15.5. The van der Waals surface area contributed by atoms with E-state index in [0.717, 1.165) is 11.1 Å². The Balaban J connectivity index is 1.76. The first-order chi connectivity index (χ1) is 11.0. The highest BCUT2D eigenvalue weighted by Gasteiger charge is 2.15. The molecule has 0 saturated heterocycles. The van der Waals surface area contributed by atoms with Crippen LogP contribution in [0.1, 0.15) is 24.4 Å². The lowest BCUT2D eigenvalue weighted by Crippen LogP contribution is -2.07. The molecule has 1 aromatic heterocycles. The van der Waals surface area contributed by atoms with Crippen molar-refractivity contribution < 1.29 is 8.81 Å². The Morgan fingerprint density at radius 3 is 2.57 bits per heavy atom. The van der Waals surface area contributed by atoms with Crippen LogP contribution in [0, 0.1) is 12.7 Å². The molecule has 0 amide bonds. The van der Waals surface area contributed by atoms with Gasteiger partial charge in [0.05, 0.1) is 5.02 Å². The molecule has 0 saturated carbocycles. The molecule has 118 valence electrons. The number of aromatic nitrogens is 2. The Morgan fingerprint density at radius 2 is 1.87 bits per heavy atom. The van der Waals surface area contributed by atoms with Crippen molar-refractivity contribution in [3.63, 3.8) is 0 Å². The van der Waals surface area contributed by atoms with Crippen molar-refractivity contribution in [1.29, 1.82) is 0 Å². The number of halogens is 2. The minimum absolute atomic E-state index is 0.0858. The number of nitrogens with zero attached hydrogens (tertiary/aromatic N) is 2. The van der Waals surface area contributed by atoms with Crippen LogP contribution in [0.2, 0.25) is 5.02 Å². The summed E-state index contributed by atoms with van der Waals surface area (Å²) in [7, 11) is 0. The second-order valence-corrected chi connectivity index (χ2v) is 5.71. The van der Waals surface area contributed by atoms with Crippen LogP contribution < -0.4 is 5.32 Å². The first-order valence-corrected chi connectivity index (χ1v) is 7.53. The predicted octanol–water partition coefficient (Wildman–Crippen LogP) is 5.01. The molecule has 0 aliphatic carbocycles. The third kappa shape index (κ3) is 3.51. The van der Waals surface area contributed by atoms with Crippen LogP contribution in [0.4, 0.5) is 10.1 Å². The Morgan fingerprint density at radius 1 is 1.13 bits per heavy atom. The molecule has 1 heterocycles. The van der Waals surface area contributed by atoms with Crippen molar-refractivity contribution in [3.05, 3.63) is 64.8 Å². The SMILES string of the molecule is Cc1ccc(-c2nnc([C@@H](C)Nc3ccc(Cl)c(F)c3)o2)cc1. The molecular formula is C17H15ClFN3O. The summed E-state index contributed by atoms with van der Waals surface area (Å²) in [6.07, 6.45) is 0. The summed E-state index contributed by atoms with van der Waals surface area (Å²) in [4.78, 5) is 0. The molecule has 3 aromatic rings. The standard InChI is InChI=1S/C17H15ClFN3O/c1-10-3-5-12(6-4-10)17-22-21-16(23-17)11(2)20-13-7-8-14(18)15(19)9-13/h3-9,11,20H,1-2H3/t11-/m1/s1. The lowest BCUT2D eigenvalue weighted by Gasteiger charge is -2.11. The summed E-state index contributed by atoms with van der Waals surface area (Å²) in [6.45, 7) is 3.87. The zero-order chi connectivity index (χ0) is 16.4. The molecule has 1 N–H and O–H groups in total. The molecule has 4 nitrogen and oxygen atoms in total. The van der Waals surface area contributed by atoms with Gasteiger partial charge in [0.2, 0.25) is 11.8 Å². The second-order valence-electron chi connectivity index (χ2n) is 5.31. The van der Waals surface area contributed by atoms with E-state index in [1.54, 1.807) is 6.07 Å². The minimum Gasteiger partial charge on any atom is -0.418 e. The smallest absolute Gasteiger partial charge is 0.247 e. The minimum atomic E-state index is -0.477. The van der Waals surface area contributed by atoms with Crippen LogP contribution in [0.3, 0.4) is 0 Å². The van der Waals surface area contributed by atoms with Crippen molar-refractivity contribution in [3.8, 4) is 11.5 Å². The molecule has 0 radical (unpaired) electrons. The highest BCUT2D eigenvalue weighted by molar-refractivity contribution is 6.30. The molecule has 23 heavy (non-hydrogen) atoms. The molecule has 0 aliphatic heterocycles. The van der Waals surface area contributed by atoms with E-state index in [2.05, 4.69) is 15.5 Å². The van der Waals surface area contributed by atoms with Gasteiger partial charge in [-0.2, -0.15) is 0 Å². The van der Waals surface area contributed by atoms with Gasteiger partial charge in [0.15, 0.2) is 0 Å². The van der Waals surface area contributed by atoms with Crippen LogP contribution >= 0.6 is 11.6 Å². The lowest BCUT2D eigenvalue weighted by atomic mass is 10.1. The van der Waals surface area contributed by atoms with E-state index < -0.39 is 5.82 Å². The van der Waals surface area contributed by atoms with E-state index in [0.29, 0.717) is 17.5 Å². The van der Waals surface area contributed by atoms with Gasteiger partial charge in [-0.1, -0.05) is 29.3 Å². The maximum atomic E-state index is 13.5. The summed E-state index contributed by atoms with van der Waals surface area (Å²) in [5.74, 6) is 0.404. The molecule has 1 atom stereocenters. The Hall–Kier alpha value is -2.40. The third-order valence-electron chi connectivity index (χ3n) is 3.41. The molecule has 0 fully saturated rings. The third-order valence-corrected chi connectivity index (χ3v) is 3.72. The van der Waals surface area contributed by atoms with E-state index in [4.69, 9.17) is 16.0 Å². The summed E-state index contributed by atoms with van der Waals surface area (Å²) in [6, 6.07) is 12.1. The molecule has 0 spiro atoms. The first-order valence-electron chi connectivity index (χ1n) is 7.15. The van der Waals surface area contributed by atoms with Gasteiger partial charge in [-0.15, -0.1) is 10.2 Å². The maximum absolute atomic E-state index is 13.5. The highest BCUT2D eigenvalue weighted by atomic mass is 35.5. The Bertz CT molecular complexity index is 817. The van der Waals surface area contributed by atoms with E-state index >= 15 is 0 Å². The molecule has 0 unspecified atom stereocenters. The van der Waals surface area contributed by atoms with Gasteiger partial charge in [-0.3, -0.25) is 0 Å². The van der Waals surface area contributed by atoms with Gasteiger partial charge in [0.1, 0.15) is 11.9 Å². The van der Waals surface area contributed by atoms with Gasteiger partial charge in [-0.25, -0.2) is 4.39 Å². The topological polar surface area (TPSA) is 51.0 Å². The summed E-state index contributed by atoms with van der Waals surface area (Å²) in [5.41, 5.74) is 2.61. The predicted molar refractivity (Wildman–Crippen MR) is 87.9 cm³/mol. The fourth-order valence-electron chi connectivity index (χ4n) is 2.12. The van der Waals surface area contributed by atoms with Crippen molar-refractivity contribution in [1.82, 2.24) is 10.2 Å². The van der Waals surface area contributed by atoms with Gasteiger partial charge < -0.3 is 9.73 Å². The number of benzene rings is 2. The largest absolute Gasteiger partial charge is 0.418 e. The van der Waals surface area contributed by atoms with Crippen LogP contribution in [0.25, 0.3) is 11.5 Å². The quantitative estimate of drug-likeness (QED) is 0.730. The average molecular weight is 332 g/mol. The van der Waals surface area contributed by atoms with E-state index in [9.17, 15) is 4.39 Å². The molecule has 0 bridgehead atoms. The van der Waals surface area contributed by atoms with E-state index in [1.807, 2.05) is 38.1 Å². The van der Waals surface area contributed by atoms with Gasteiger partial charge >= 0.3 is 0 Å². The number of nitrogens with one attached hydrogen (secondary N) is 1. The maximum Gasteiger partial charge on any atom is 0.247 e. The Labute approximate surface area is 138 Å². The number of rotatable bonds is 4. The van der Waals surface area contributed by atoms with Crippen LogP contribution in [-0.4, -0.2) is 10.2 Å². The number of hydrogen-bond acceptors (Lipinski definition) is 4. The zero-order valence-electron chi connectivity index (χ0n) is 12.7. The van der Waals surface area contributed by atoms with Crippen LogP contribution in [0.15, 0.2) is 46.9 Å². The van der Waals surface area contributed by atoms with E-state index in [1.165, 1.54) is 12.1 Å². The molecular weight excluding hydrogens is 317 g/mol. The van der Waals surface area contributed by atoms with Gasteiger partial charge in [0, 0.05) is 11.3 Å². The normalized spacial score (nSPS) is 12.2. The molecule has 6 heteroatoms. The molecule has 3 rings (SSSR count). The van der Waals surface area contributed by atoms with Crippen molar-refractivity contribution in [2.75, 3.05) is 5.32 Å². The monoisotopic (exact) mass is 331 g/mol. The van der Waals surface area contributed by atoms with Crippen LogP contribution in [0.5, 0.6) is 0 Å². The van der Waals surface area contributed by atoms with Crippen molar-refractivity contribution >= 4 is 17.3 Å². The zero-order valence-corrected chi connectivity index (χ0v) is 13.4. The van der Waals surface area contributed by atoms with Crippen LogP contribution in [-0.2, 0) is 0 Å². The fourth-order valence-corrected chi connectivity index (χ4v) is 2.24. The number of aryl methyl sites for hydroxylation is 1.